The third-order valence-electron chi connectivity index (χ3n) is 8.51. The molecule has 0 radical (unpaired) electrons. The van der Waals surface area contributed by atoms with E-state index < -0.39 is 53.6 Å². The zero-order valence-electron chi connectivity index (χ0n) is 27.6. The van der Waals surface area contributed by atoms with Gasteiger partial charge >= 0.3 is 5.97 Å². The first-order chi connectivity index (χ1) is 22.4. The first-order valence-electron chi connectivity index (χ1n) is 15.9. The summed E-state index contributed by atoms with van der Waals surface area (Å²) in [5.41, 5.74) is 5.88. The van der Waals surface area contributed by atoms with E-state index in [2.05, 4.69) is 10.6 Å². The van der Waals surface area contributed by atoms with Gasteiger partial charge in [0, 0.05) is 13.0 Å². The van der Waals surface area contributed by atoms with Crippen molar-refractivity contribution in [1.29, 1.82) is 0 Å². The summed E-state index contributed by atoms with van der Waals surface area (Å²) >= 11 is 0. The number of likely N-dealkylation sites (tertiary alicyclic amines) is 1. The molecule has 13 nitrogen and oxygen atoms in total. The molecule has 3 rings (SSSR count). The highest BCUT2D eigenvalue weighted by Gasteiger charge is 2.40. The van der Waals surface area contributed by atoms with Crippen LogP contribution in [0.15, 0.2) is 48.5 Å². The number of benzene rings is 2. The van der Waals surface area contributed by atoms with Crippen LogP contribution >= 0.6 is 0 Å². The van der Waals surface area contributed by atoms with Crippen molar-refractivity contribution in [3.05, 3.63) is 59.7 Å². The summed E-state index contributed by atoms with van der Waals surface area (Å²) in [4.78, 5) is 54.1. The van der Waals surface area contributed by atoms with E-state index in [0.29, 0.717) is 61.3 Å². The summed E-state index contributed by atoms with van der Waals surface area (Å²) in [5.74, 6) is -1.08. The van der Waals surface area contributed by atoms with Crippen LogP contribution in [0.2, 0.25) is 0 Å². The predicted molar refractivity (Wildman–Crippen MR) is 174 cm³/mol. The van der Waals surface area contributed by atoms with Crippen LogP contribution in [0.1, 0.15) is 68.3 Å². The Morgan fingerprint density at radius 3 is 2.38 bits per heavy atom. The minimum Gasteiger partial charge on any atom is -0.493 e. The number of esters is 1. The van der Waals surface area contributed by atoms with Crippen LogP contribution in [0.25, 0.3) is 0 Å². The standard InChI is InChI=1S/C34H48N4O9/c1-5-34(2,37-29(39)24(35)14-9-10-19-47-32(43)23-12-7-6-8-13-23)33(44)36-25(30(40)38-18-11-15-26(38)31(41)42)20-22-16-17-27(45-3)28(21-22)46-4/h6-8,12-13,16-17,21,24-26,31,41-42H,5,9-11,14-15,18-20,35H2,1-4H3,(H,36,44)(H,37,39)/t24-,25-,26+,34-/m0/s1. The maximum Gasteiger partial charge on any atom is 0.338 e. The number of rotatable bonds is 17. The average molecular weight is 657 g/mol. The zero-order valence-corrected chi connectivity index (χ0v) is 27.6. The number of aliphatic hydroxyl groups is 2. The van der Waals surface area contributed by atoms with E-state index in [4.69, 9.17) is 19.9 Å². The molecule has 0 aromatic heterocycles. The molecule has 3 amide bonds. The zero-order chi connectivity index (χ0) is 34.6. The molecule has 6 N–H and O–H groups in total. The summed E-state index contributed by atoms with van der Waals surface area (Å²) in [6, 6.07) is 11.0. The number of methoxy groups -OCH3 is 2. The van der Waals surface area contributed by atoms with Gasteiger partial charge in [-0.25, -0.2) is 4.79 Å². The quantitative estimate of drug-likeness (QED) is 0.0952. The van der Waals surface area contributed by atoms with Crippen molar-refractivity contribution < 1.29 is 43.6 Å². The van der Waals surface area contributed by atoms with E-state index in [0.717, 1.165) is 0 Å². The minimum atomic E-state index is -1.73. The van der Waals surface area contributed by atoms with Gasteiger partial charge in [0.05, 0.1) is 38.5 Å². The highest BCUT2D eigenvalue weighted by molar-refractivity contribution is 5.95. The van der Waals surface area contributed by atoms with Crippen molar-refractivity contribution in [2.75, 3.05) is 27.4 Å². The Kier molecular flexibility index (Phi) is 14.0. The van der Waals surface area contributed by atoms with Gasteiger partial charge < -0.3 is 45.7 Å². The maximum absolute atomic E-state index is 13.8. The molecule has 4 atom stereocenters. The number of unbranched alkanes of at least 4 members (excludes halogenated alkanes) is 1. The van der Waals surface area contributed by atoms with Crippen LogP contribution in [0.3, 0.4) is 0 Å². The number of nitrogens with zero attached hydrogens (tertiary/aromatic N) is 1. The molecule has 1 heterocycles. The summed E-state index contributed by atoms with van der Waals surface area (Å²) in [7, 11) is 3.00. The van der Waals surface area contributed by atoms with Crippen LogP contribution in [0.4, 0.5) is 0 Å². The van der Waals surface area contributed by atoms with Gasteiger partial charge in [-0.05, 0) is 75.3 Å². The van der Waals surface area contributed by atoms with E-state index in [1.165, 1.54) is 19.1 Å². The Hall–Kier alpha value is -4.20. The molecule has 2 aromatic rings. The Morgan fingerprint density at radius 1 is 1.04 bits per heavy atom. The van der Waals surface area contributed by atoms with E-state index in [1.54, 1.807) is 56.3 Å². The van der Waals surface area contributed by atoms with Crippen LogP contribution in [-0.2, 0) is 25.5 Å². The summed E-state index contributed by atoms with van der Waals surface area (Å²) in [6.07, 6.45) is 0.862. The molecule has 0 spiro atoms. The van der Waals surface area contributed by atoms with E-state index >= 15 is 0 Å². The number of amides is 3. The largest absolute Gasteiger partial charge is 0.493 e. The maximum atomic E-state index is 13.8. The SMILES string of the molecule is CC[C@](C)(NC(=O)[C@@H](N)CCCCOC(=O)c1ccccc1)C(=O)N[C@@H](Cc1ccc(OC)c(OC)c1)C(=O)N1CCC[C@@H]1C(O)O. The molecule has 13 heteroatoms. The minimum absolute atomic E-state index is 0.0672. The Labute approximate surface area is 275 Å². The van der Waals surface area contributed by atoms with Gasteiger partial charge in [-0.15, -0.1) is 0 Å². The highest BCUT2D eigenvalue weighted by Crippen LogP contribution is 2.29. The summed E-state index contributed by atoms with van der Waals surface area (Å²) in [5, 5.41) is 25.4. The van der Waals surface area contributed by atoms with Crippen LogP contribution < -0.4 is 25.8 Å². The van der Waals surface area contributed by atoms with Gasteiger partial charge in [0.1, 0.15) is 11.6 Å². The van der Waals surface area contributed by atoms with E-state index in [-0.39, 0.29) is 19.4 Å². The fourth-order valence-corrected chi connectivity index (χ4v) is 5.43. The fourth-order valence-electron chi connectivity index (χ4n) is 5.43. The Bertz CT molecular complexity index is 1360. The van der Waals surface area contributed by atoms with Gasteiger partial charge in [-0.3, -0.25) is 14.4 Å². The number of nitrogens with one attached hydrogen (secondary N) is 2. The fraction of sp³-hybridized carbons (Fsp3) is 0.529. The first-order valence-corrected chi connectivity index (χ1v) is 15.9. The third kappa shape index (κ3) is 10.1. The van der Waals surface area contributed by atoms with E-state index in [1.807, 2.05) is 6.07 Å². The van der Waals surface area contributed by atoms with Gasteiger partial charge in [-0.2, -0.15) is 0 Å². The molecule has 258 valence electrons. The van der Waals surface area contributed by atoms with Crippen LogP contribution in [0.5, 0.6) is 11.5 Å². The van der Waals surface area contributed by atoms with Gasteiger partial charge in [0.25, 0.3) is 0 Å². The Morgan fingerprint density at radius 2 is 1.74 bits per heavy atom. The average Bonchev–Trinajstić information content (AvgIpc) is 3.58. The molecule has 1 saturated heterocycles. The molecule has 1 aliphatic rings. The number of aliphatic hydroxyl groups excluding tert-OH is 1. The van der Waals surface area contributed by atoms with Crippen molar-refractivity contribution in [1.82, 2.24) is 15.5 Å². The molecule has 47 heavy (non-hydrogen) atoms. The second-order valence-electron chi connectivity index (χ2n) is 11.9. The number of carbonyl (C=O) groups excluding carboxylic acids is 4. The number of nitrogens with two attached hydrogens (primary N) is 1. The highest BCUT2D eigenvalue weighted by atomic mass is 16.5. The first kappa shape index (κ1) is 37.3. The van der Waals surface area contributed by atoms with Crippen molar-refractivity contribution in [3.8, 4) is 11.5 Å². The third-order valence-corrected chi connectivity index (χ3v) is 8.51. The molecule has 0 bridgehead atoms. The van der Waals surface area contributed by atoms with Gasteiger partial charge in [0.15, 0.2) is 17.8 Å². The molecule has 1 aliphatic heterocycles. The number of ether oxygens (including phenoxy) is 3. The van der Waals surface area contributed by atoms with Crippen molar-refractivity contribution >= 4 is 23.7 Å². The molecular formula is C34H48N4O9. The second kappa shape index (κ2) is 17.6. The molecular weight excluding hydrogens is 608 g/mol. The van der Waals surface area contributed by atoms with Crippen LogP contribution in [0, 0.1) is 0 Å². The van der Waals surface area contributed by atoms with Crippen molar-refractivity contribution in [3.63, 3.8) is 0 Å². The number of hydrogen-bond acceptors (Lipinski definition) is 10. The lowest BCUT2D eigenvalue weighted by molar-refractivity contribution is -0.147. The number of carbonyl (C=O) groups is 4. The van der Waals surface area contributed by atoms with Crippen molar-refractivity contribution in [2.45, 2.75) is 88.7 Å². The second-order valence-corrected chi connectivity index (χ2v) is 11.9. The lowest BCUT2D eigenvalue weighted by atomic mass is 9.94. The smallest absolute Gasteiger partial charge is 0.338 e. The molecule has 1 fully saturated rings. The molecule has 2 aromatic carbocycles. The Balaban J connectivity index is 1.65. The lowest BCUT2D eigenvalue weighted by Crippen LogP contribution is -2.63. The molecule has 0 unspecified atom stereocenters. The summed E-state index contributed by atoms with van der Waals surface area (Å²) < 4.78 is 16.0. The van der Waals surface area contributed by atoms with E-state index in [9.17, 15) is 29.4 Å². The topological polar surface area (TPSA) is 190 Å². The normalized spacial score (nSPS) is 16.9. The molecule has 0 aliphatic carbocycles. The van der Waals surface area contributed by atoms with Gasteiger partial charge in [0.2, 0.25) is 17.7 Å². The van der Waals surface area contributed by atoms with Gasteiger partial charge in [-0.1, -0.05) is 31.2 Å². The lowest BCUT2D eigenvalue weighted by Gasteiger charge is -2.34. The number of hydrogen-bond donors (Lipinski definition) is 5. The summed E-state index contributed by atoms with van der Waals surface area (Å²) in [6.45, 7) is 3.78. The monoisotopic (exact) mass is 656 g/mol. The van der Waals surface area contributed by atoms with Crippen molar-refractivity contribution in [2.24, 2.45) is 5.73 Å². The predicted octanol–water partition coefficient (Wildman–Crippen LogP) is 1.67. The van der Waals surface area contributed by atoms with Crippen LogP contribution in [-0.4, -0.2) is 96.1 Å². The molecule has 0 saturated carbocycles.